The summed E-state index contributed by atoms with van der Waals surface area (Å²) in [6.07, 6.45) is -0.760. The number of methoxy groups -OCH3 is 1. The number of nitrogens with one attached hydrogen (secondary N) is 3. The number of hydrogen-bond acceptors (Lipinski definition) is 14. The van der Waals surface area contributed by atoms with Crippen LogP contribution in [0, 0.1) is 5.41 Å². The second kappa shape index (κ2) is 16.9. The maximum absolute atomic E-state index is 14.2. The van der Waals surface area contributed by atoms with Crippen molar-refractivity contribution in [2.45, 2.75) is 64.7 Å². The van der Waals surface area contributed by atoms with Gasteiger partial charge in [-0.3, -0.25) is 14.0 Å². The fraction of sp³-hybridized carbons (Fsp3) is 0.472. The van der Waals surface area contributed by atoms with Crippen LogP contribution in [0.5, 0.6) is 5.75 Å². The number of anilines is 4. The average Bonchev–Trinajstić information content (AvgIpc) is 3.69. The molecule has 0 spiro atoms. The zero-order valence-corrected chi connectivity index (χ0v) is 35.4. The van der Waals surface area contributed by atoms with Gasteiger partial charge in [0.15, 0.2) is 5.69 Å². The van der Waals surface area contributed by atoms with Crippen LogP contribution in [0.1, 0.15) is 56.2 Å². The van der Waals surface area contributed by atoms with Crippen molar-refractivity contribution < 1.29 is 50.4 Å². The van der Waals surface area contributed by atoms with Crippen LogP contribution in [0.2, 0.25) is 0 Å². The van der Waals surface area contributed by atoms with Crippen LogP contribution in [0.15, 0.2) is 53.5 Å². The van der Waals surface area contributed by atoms with E-state index in [0.29, 0.717) is 41.8 Å². The van der Waals surface area contributed by atoms with Gasteiger partial charge in [-0.1, -0.05) is 6.07 Å². The van der Waals surface area contributed by atoms with E-state index in [2.05, 4.69) is 51.9 Å². The van der Waals surface area contributed by atoms with Gasteiger partial charge in [-0.05, 0) is 80.4 Å². The Bertz CT molecular complexity index is 2180. The van der Waals surface area contributed by atoms with Gasteiger partial charge in [0.1, 0.15) is 21.7 Å². The third-order valence-corrected chi connectivity index (χ3v) is 12.3. The summed E-state index contributed by atoms with van der Waals surface area (Å²) in [6, 6.07) is 7.69. The predicted molar refractivity (Wildman–Crippen MR) is 212 cm³/mol. The molecule has 58 heavy (non-hydrogen) atoms. The molecule has 22 heteroatoms. The van der Waals surface area contributed by atoms with Gasteiger partial charge in [0.25, 0.3) is 5.91 Å². The minimum atomic E-state index is -4.84. The first-order chi connectivity index (χ1) is 27.3. The normalized spacial score (nSPS) is 17.9. The Morgan fingerprint density at radius 2 is 1.74 bits per heavy atom. The van der Waals surface area contributed by atoms with Gasteiger partial charge in [0.05, 0.1) is 74.2 Å². The standard InChI is InChI=1S/C36H44BBrF3N8O8P/c1-8-54-58(51,55-21-35(19-53-20-35)18-49-16-23(14-44-49)37-56-33(2,3)34(4,5)57-37)17-22-9-10-25(27(13-22)52-7)46-32-43-15-24(36(39,40)41)30(48-32)45-26-11-12-28(38)47-29(26)31(50)42-6/h9-16H,8,17-21H2,1-7H3,(H,42,50)(H2,43,45,46,48). The van der Waals surface area contributed by atoms with Crippen LogP contribution in [0.4, 0.5) is 36.3 Å². The Balaban J connectivity index is 1.16. The molecule has 0 bridgehead atoms. The van der Waals surface area contributed by atoms with Crippen LogP contribution in [0.3, 0.4) is 0 Å². The van der Waals surface area contributed by atoms with Crippen LogP contribution < -0.4 is 26.2 Å². The molecular formula is C36H44BBrF3N8O8P. The number of halogens is 4. The molecule has 16 nitrogen and oxygen atoms in total. The molecule has 2 saturated heterocycles. The van der Waals surface area contributed by atoms with E-state index >= 15 is 0 Å². The van der Waals surface area contributed by atoms with Gasteiger partial charge in [-0.2, -0.15) is 23.3 Å². The highest BCUT2D eigenvalue weighted by atomic mass is 79.9. The van der Waals surface area contributed by atoms with E-state index in [1.165, 1.54) is 26.3 Å². The van der Waals surface area contributed by atoms with Gasteiger partial charge < -0.3 is 43.8 Å². The second-order valence-corrected chi connectivity index (χ2v) is 17.7. The van der Waals surface area contributed by atoms with Crippen molar-refractivity contribution in [1.29, 1.82) is 0 Å². The van der Waals surface area contributed by atoms with Crippen molar-refractivity contribution >= 4 is 65.2 Å². The molecule has 0 saturated carbocycles. The van der Waals surface area contributed by atoms with E-state index in [1.54, 1.807) is 36.0 Å². The number of amides is 1. The van der Waals surface area contributed by atoms with E-state index in [4.69, 9.17) is 27.8 Å². The molecule has 2 aliphatic rings. The highest BCUT2D eigenvalue weighted by Crippen LogP contribution is 2.53. The Kier molecular flexibility index (Phi) is 12.6. The molecule has 0 aliphatic carbocycles. The number of carbonyl (C=O) groups excluding carboxylic acids is 1. The maximum atomic E-state index is 14.2. The minimum absolute atomic E-state index is 0.0234. The van der Waals surface area contributed by atoms with Gasteiger partial charge in [0.2, 0.25) is 5.95 Å². The van der Waals surface area contributed by atoms with E-state index in [1.807, 2.05) is 33.9 Å². The third kappa shape index (κ3) is 9.67. The highest BCUT2D eigenvalue weighted by Gasteiger charge is 2.52. The van der Waals surface area contributed by atoms with Crippen LogP contribution >= 0.6 is 23.5 Å². The molecule has 1 amide bonds. The SMILES string of the molecule is CCOP(=O)(Cc1ccc(Nc2ncc(C(F)(F)F)c(Nc3ccc(Br)nc3C(=O)NC)n2)c(OC)c1)OCC1(Cn2cc(B3OC(C)(C)C(C)(C)O3)cn2)COC1. The molecular weight excluding hydrogens is 851 g/mol. The summed E-state index contributed by atoms with van der Waals surface area (Å²) in [5.74, 6) is -1.23. The van der Waals surface area contributed by atoms with Gasteiger partial charge in [-0.25, -0.2) is 9.97 Å². The maximum Gasteiger partial charge on any atom is 0.498 e. The fourth-order valence-electron chi connectivity index (χ4n) is 6.06. The van der Waals surface area contributed by atoms with Crippen LogP contribution in [-0.4, -0.2) is 89.5 Å². The first-order valence-corrected chi connectivity index (χ1v) is 20.7. The Morgan fingerprint density at radius 3 is 2.36 bits per heavy atom. The lowest BCUT2D eigenvalue weighted by molar-refractivity contribution is -0.142. The topological polar surface area (TPSA) is 182 Å². The summed E-state index contributed by atoms with van der Waals surface area (Å²) in [5, 5.41) is 12.4. The number of pyridine rings is 1. The number of aromatic nitrogens is 5. The zero-order chi connectivity index (χ0) is 42.1. The average molecular weight is 895 g/mol. The monoisotopic (exact) mass is 894 g/mol. The van der Waals surface area contributed by atoms with Gasteiger partial charge in [0, 0.05) is 31.1 Å². The minimum Gasteiger partial charge on any atom is -0.495 e. The number of alkyl halides is 3. The van der Waals surface area contributed by atoms with Crippen molar-refractivity contribution in [3.8, 4) is 5.75 Å². The Labute approximate surface area is 342 Å². The highest BCUT2D eigenvalue weighted by molar-refractivity contribution is 9.10. The summed E-state index contributed by atoms with van der Waals surface area (Å²) in [4.78, 5) is 24.5. The first-order valence-electron chi connectivity index (χ1n) is 18.2. The summed E-state index contributed by atoms with van der Waals surface area (Å²) in [7, 11) is -1.53. The molecule has 4 aromatic rings. The lowest BCUT2D eigenvalue weighted by Gasteiger charge is -2.41. The van der Waals surface area contributed by atoms with Crippen molar-refractivity contribution in [3.63, 3.8) is 0 Å². The number of ether oxygens (including phenoxy) is 2. The summed E-state index contributed by atoms with van der Waals surface area (Å²) in [5.41, 5.74) is -1.27. The van der Waals surface area contributed by atoms with Crippen molar-refractivity contribution in [2.75, 3.05) is 51.2 Å². The van der Waals surface area contributed by atoms with E-state index in [-0.39, 0.29) is 42.5 Å². The van der Waals surface area contributed by atoms with E-state index in [9.17, 15) is 22.5 Å². The molecule has 2 aliphatic heterocycles. The predicted octanol–water partition coefficient (Wildman–Crippen LogP) is 6.47. The van der Waals surface area contributed by atoms with Crippen LogP contribution in [0.25, 0.3) is 0 Å². The molecule has 3 N–H and O–H groups in total. The molecule has 0 radical (unpaired) electrons. The first kappa shape index (κ1) is 43.5. The van der Waals surface area contributed by atoms with E-state index in [0.717, 1.165) is 5.46 Å². The summed E-state index contributed by atoms with van der Waals surface area (Å²) in [6.45, 7) is 11.0. The number of carbonyl (C=O) groups is 1. The molecule has 6 rings (SSSR count). The molecule has 3 aromatic heterocycles. The number of hydrogen-bond donors (Lipinski definition) is 3. The van der Waals surface area contributed by atoms with Gasteiger partial charge >= 0.3 is 20.9 Å². The van der Waals surface area contributed by atoms with Crippen molar-refractivity contribution in [3.05, 3.63) is 70.3 Å². The van der Waals surface area contributed by atoms with E-state index < -0.39 is 54.8 Å². The quantitative estimate of drug-likeness (QED) is 0.0633. The molecule has 1 atom stereocenters. The molecule has 5 heterocycles. The number of benzene rings is 1. The van der Waals surface area contributed by atoms with Gasteiger partial charge in [-0.15, -0.1) is 0 Å². The zero-order valence-electron chi connectivity index (χ0n) is 32.9. The summed E-state index contributed by atoms with van der Waals surface area (Å²) >= 11 is 3.17. The van der Waals surface area contributed by atoms with Crippen molar-refractivity contribution in [2.24, 2.45) is 5.41 Å². The third-order valence-electron chi connectivity index (χ3n) is 9.93. The molecule has 1 unspecified atom stereocenters. The lowest BCUT2D eigenvalue weighted by Crippen LogP contribution is -2.49. The Hall–Kier alpha value is -4.11. The molecule has 2 fully saturated rings. The lowest BCUT2D eigenvalue weighted by atomic mass is 9.82. The number of rotatable bonds is 16. The summed E-state index contributed by atoms with van der Waals surface area (Å²) < 4.78 is 93.8. The second-order valence-electron chi connectivity index (χ2n) is 14.9. The Morgan fingerprint density at radius 1 is 1.03 bits per heavy atom. The smallest absolute Gasteiger partial charge is 0.495 e. The molecule has 1 aromatic carbocycles. The number of nitrogens with zero attached hydrogens (tertiary/aromatic N) is 5. The van der Waals surface area contributed by atoms with Crippen molar-refractivity contribution in [1.82, 2.24) is 30.0 Å². The largest absolute Gasteiger partial charge is 0.498 e. The molecule has 312 valence electrons. The fourth-order valence-corrected chi connectivity index (χ4v) is 8.14. The van der Waals surface area contributed by atoms with Crippen LogP contribution in [-0.2, 0) is 46.5 Å².